The molecule has 8 nitrogen and oxygen atoms in total. The van der Waals surface area contributed by atoms with Crippen LogP contribution >= 0.6 is 0 Å². The van der Waals surface area contributed by atoms with E-state index in [1.807, 2.05) is 13.8 Å². The number of rotatable bonds is 4. The highest BCUT2D eigenvalue weighted by molar-refractivity contribution is 7.89. The molecule has 0 atom stereocenters. The number of urea groups is 1. The van der Waals surface area contributed by atoms with Gasteiger partial charge in [-0.25, -0.2) is 18.2 Å². The number of imidazole rings is 1. The first kappa shape index (κ1) is 18.7. The SMILES string of the molecule is CCN(CC)C(=O)N1CCCN(S(=O)(=O)c2cn(C)c(C)n2)CC1. The van der Waals surface area contributed by atoms with E-state index in [4.69, 9.17) is 0 Å². The summed E-state index contributed by atoms with van der Waals surface area (Å²) in [6.07, 6.45) is 2.16. The van der Waals surface area contributed by atoms with Crippen LogP contribution in [0.4, 0.5) is 4.79 Å². The average molecular weight is 357 g/mol. The van der Waals surface area contributed by atoms with Crippen molar-refractivity contribution in [2.24, 2.45) is 7.05 Å². The van der Waals surface area contributed by atoms with Crippen LogP contribution in [0.1, 0.15) is 26.1 Å². The number of carbonyl (C=O) groups excluding carboxylic acids is 1. The smallest absolute Gasteiger partial charge is 0.320 e. The summed E-state index contributed by atoms with van der Waals surface area (Å²) in [6, 6.07) is -0.0204. The van der Waals surface area contributed by atoms with Crippen molar-refractivity contribution in [2.75, 3.05) is 39.3 Å². The molecule has 1 saturated heterocycles. The van der Waals surface area contributed by atoms with Gasteiger partial charge in [-0.2, -0.15) is 4.31 Å². The molecule has 1 fully saturated rings. The van der Waals surface area contributed by atoms with Crippen molar-refractivity contribution in [1.29, 1.82) is 0 Å². The molecule has 1 aliphatic rings. The zero-order valence-corrected chi connectivity index (χ0v) is 15.7. The van der Waals surface area contributed by atoms with Gasteiger partial charge in [0.05, 0.1) is 0 Å². The van der Waals surface area contributed by atoms with Crippen LogP contribution in [0.2, 0.25) is 0 Å². The molecule has 2 rings (SSSR count). The predicted molar refractivity (Wildman–Crippen MR) is 91.2 cm³/mol. The number of hydrogen-bond donors (Lipinski definition) is 0. The van der Waals surface area contributed by atoms with Crippen LogP contribution in [-0.4, -0.2) is 77.4 Å². The Kier molecular flexibility index (Phi) is 5.87. The molecular weight excluding hydrogens is 330 g/mol. The van der Waals surface area contributed by atoms with Crippen molar-refractivity contribution >= 4 is 16.1 Å². The molecule has 9 heteroatoms. The van der Waals surface area contributed by atoms with Crippen molar-refractivity contribution in [1.82, 2.24) is 23.7 Å². The minimum absolute atomic E-state index is 0.0204. The van der Waals surface area contributed by atoms with E-state index in [1.165, 1.54) is 10.5 Å². The van der Waals surface area contributed by atoms with Gasteiger partial charge >= 0.3 is 6.03 Å². The Morgan fingerprint density at radius 3 is 2.42 bits per heavy atom. The third-order valence-corrected chi connectivity index (χ3v) is 6.22. The van der Waals surface area contributed by atoms with Gasteiger partial charge in [0.25, 0.3) is 10.0 Å². The molecule has 0 aliphatic carbocycles. The summed E-state index contributed by atoms with van der Waals surface area (Å²) in [7, 11) is -1.85. The maximum atomic E-state index is 12.8. The highest BCUT2D eigenvalue weighted by Crippen LogP contribution is 2.17. The molecule has 0 radical (unpaired) electrons. The third kappa shape index (κ3) is 3.72. The highest BCUT2D eigenvalue weighted by atomic mass is 32.2. The van der Waals surface area contributed by atoms with Gasteiger partial charge in [0.1, 0.15) is 5.82 Å². The zero-order valence-electron chi connectivity index (χ0n) is 14.9. The summed E-state index contributed by atoms with van der Waals surface area (Å²) in [6.45, 7) is 8.64. The lowest BCUT2D eigenvalue weighted by molar-refractivity contribution is 0.159. The number of amides is 2. The zero-order chi connectivity index (χ0) is 17.9. The van der Waals surface area contributed by atoms with Crippen LogP contribution in [0.15, 0.2) is 11.2 Å². The Labute approximate surface area is 144 Å². The van der Waals surface area contributed by atoms with E-state index in [2.05, 4.69) is 4.98 Å². The van der Waals surface area contributed by atoms with Gasteiger partial charge in [-0.05, 0) is 27.2 Å². The number of sulfonamides is 1. The fraction of sp³-hybridized carbons (Fsp3) is 0.733. The van der Waals surface area contributed by atoms with Crippen LogP contribution in [0.25, 0.3) is 0 Å². The fourth-order valence-corrected chi connectivity index (χ4v) is 4.30. The molecule has 0 saturated carbocycles. The standard InChI is InChI=1S/C15H27N5O3S/c1-5-18(6-2)15(21)19-8-7-9-20(11-10-19)24(22,23)14-12-17(4)13(3)16-14/h12H,5-11H2,1-4H3. The molecule has 2 amide bonds. The maximum Gasteiger partial charge on any atom is 0.320 e. The molecule has 2 heterocycles. The van der Waals surface area contributed by atoms with Crippen LogP contribution in [0.5, 0.6) is 0 Å². The molecule has 136 valence electrons. The second-order valence-electron chi connectivity index (χ2n) is 5.94. The summed E-state index contributed by atoms with van der Waals surface area (Å²) in [4.78, 5) is 20.1. The number of carbonyl (C=O) groups is 1. The Bertz CT molecular complexity index is 662. The lowest BCUT2D eigenvalue weighted by Crippen LogP contribution is -2.45. The van der Waals surface area contributed by atoms with Gasteiger partial charge in [-0.3, -0.25) is 0 Å². The number of aromatic nitrogens is 2. The predicted octanol–water partition coefficient (Wildman–Crippen LogP) is 0.887. The van der Waals surface area contributed by atoms with Gasteiger partial charge in [-0.1, -0.05) is 0 Å². The molecule has 0 unspecified atom stereocenters. The summed E-state index contributed by atoms with van der Waals surface area (Å²) >= 11 is 0. The van der Waals surface area contributed by atoms with E-state index >= 15 is 0 Å². The summed E-state index contributed by atoms with van der Waals surface area (Å²) in [5.74, 6) is 0.654. The van der Waals surface area contributed by atoms with Gasteiger partial charge in [0.2, 0.25) is 0 Å². The highest BCUT2D eigenvalue weighted by Gasteiger charge is 2.31. The van der Waals surface area contributed by atoms with Crippen molar-refractivity contribution in [2.45, 2.75) is 32.2 Å². The quantitative estimate of drug-likeness (QED) is 0.802. The summed E-state index contributed by atoms with van der Waals surface area (Å²) in [5, 5.41) is 0.0750. The van der Waals surface area contributed by atoms with E-state index in [9.17, 15) is 13.2 Å². The molecule has 0 spiro atoms. The first-order valence-corrected chi connectivity index (χ1v) is 9.79. The Hall–Kier alpha value is -1.61. The number of aryl methyl sites for hydroxylation is 2. The van der Waals surface area contributed by atoms with E-state index in [1.54, 1.807) is 28.3 Å². The van der Waals surface area contributed by atoms with Gasteiger partial charge < -0.3 is 14.4 Å². The normalized spacial score (nSPS) is 16.9. The number of nitrogens with zero attached hydrogens (tertiary/aromatic N) is 5. The Balaban J connectivity index is 2.11. The minimum Gasteiger partial charge on any atom is -0.337 e. The Morgan fingerprint density at radius 1 is 1.21 bits per heavy atom. The summed E-state index contributed by atoms with van der Waals surface area (Å²) in [5.41, 5.74) is 0. The van der Waals surface area contributed by atoms with Crippen LogP contribution in [0, 0.1) is 6.92 Å². The van der Waals surface area contributed by atoms with Gasteiger partial charge in [0, 0.05) is 52.5 Å². The van der Waals surface area contributed by atoms with Gasteiger partial charge in [-0.15, -0.1) is 0 Å². The Morgan fingerprint density at radius 2 is 1.88 bits per heavy atom. The molecule has 0 bridgehead atoms. The van der Waals surface area contributed by atoms with Gasteiger partial charge in [0.15, 0.2) is 5.03 Å². The fourth-order valence-electron chi connectivity index (χ4n) is 2.80. The average Bonchev–Trinajstić information content (AvgIpc) is 2.77. The van der Waals surface area contributed by atoms with E-state index < -0.39 is 10.0 Å². The molecule has 1 aliphatic heterocycles. The lowest BCUT2D eigenvalue weighted by atomic mass is 10.4. The molecule has 1 aromatic heterocycles. The first-order chi connectivity index (χ1) is 11.3. The van der Waals surface area contributed by atoms with Crippen LogP contribution in [-0.2, 0) is 17.1 Å². The molecular formula is C15H27N5O3S. The maximum absolute atomic E-state index is 12.8. The summed E-state index contributed by atoms with van der Waals surface area (Å²) < 4.78 is 28.7. The molecule has 0 N–H and O–H groups in total. The largest absolute Gasteiger partial charge is 0.337 e. The topological polar surface area (TPSA) is 78.8 Å². The van der Waals surface area contributed by atoms with Crippen molar-refractivity contribution in [3.05, 3.63) is 12.0 Å². The first-order valence-electron chi connectivity index (χ1n) is 8.35. The van der Waals surface area contributed by atoms with Crippen LogP contribution < -0.4 is 0 Å². The lowest BCUT2D eigenvalue weighted by Gasteiger charge is -2.28. The van der Waals surface area contributed by atoms with E-state index in [0.717, 1.165) is 0 Å². The number of hydrogen-bond acceptors (Lipinski definition) is 4. The third-order valence-electron chi connectivity index (χ3n) is 4.45. The second kappa shape index (κ2) is 7.52. The van der Waals surface area contributed by atoms with Crippen LogP contribution in [0.3, 0.4) is 0 Å². The van der Waals surface area contributed by atoms with Crippen molar-refractivity contribution < 1.29 is 13.2 Å². The molecule has 1 aromatic rings. The van der Waals surface area contributed by atoms with E-state index in [0.29, 0.717) is 51.5 Å². The monoisotopic (exact) mass is 357 g/mol. The second-order valence-corrected chi connectivity index (χ2v) is 7.82. The molecule has 0 aromatic carbocycles. The van der Waals surface area contributed by atoms with Crippen molar-refractivity contribution in [3.8, 4) is 0 Å². The van der Waals surface area contributed by atoms with E-state index in [-0.39, 0.29) is 11.1 Å². The minimum atomic E-state index is -3.62. The van der Waals surface area contributed by atoms with Crippen molar-refractivity contribution in [3.63, 3.8) is 0 Å². The molecule has 24 heavy (non-hydrogen) atoms.